The number of nitrogens with one attached hydrogen (secondary N) is 1. The van der Waals surface area contributed by atoms with Crippen LogP contribution in [0, 0.1) is 0 Å². The average molecular weight is 470 g/mol. The van der Waals surface area contributed by atoms with Crippen molar-refractivity contribution >= 4 is 28.2 Å². The van der Waals surface area contributed by atoms with Crippen molar-refractivity contribution in [1.82, 2.24) is 9.88 Å². The zero-order chi connectivity index (χ0) is 23.3. The molecule has 0 fully saturated rings. The lowest BCUT2D eigenvalue weighted by molar-refractivity contribution is 0.335. The van der Waals surface area contributed by atoms with Crippen molar-refractivity contribution in [2.45, 2.75) is 31.6 Å². The van der Waals surface area contributed by atoms with Gasteiger partial charge in [0, 0.05) is 41.3 Å². The Morgan fingerprint density at radius 2 is 1.62 bits per heavy atom. The number of nitrogens with zero attached hydrogens (tertiary/aromatic N) is 2. The number of aryl methyl sites for hydroxylation is 2. The Kier molecular flexibility index (Phi) is 7.13. The molecule has 34 heavy (non-hydrogen) atoms. The number of hydrogen-bond donors (Lipinski definition) is 1. The Morgan fingerprint density at radius 1 is 0.912 bits per heavy atom. The summed E-state index contributed by atoms with van der Waals surface area (Å²) >= 11 is 6.12. The third-order valence-corrected chi connectivity index (χ3v) is 7.31. The number of halogens is 1. The molecule has 174 valence electrons. The molecule has 0 saturated carbocycles. The summed E-state index contributed by atoms with van der Waals surface area (Å²) in [6.45, 7) is 2.98. The summed E-state index contributed by atoms with van der Waals surface area (Å²) in [5, 5.41) is 5.42. The molecule has 1 aliphatic rings. The van der Waals surface area contributed by atoms with E-state index in [4.69, 9.17) is 11.6 Å². The molecule has 4 aromatic rings. The van der Waals surface area contributed by atoms with Crippen molar-refractivity contribution in [1.29, 1.82) is 0 Å². The third-order valence-electron chi connectivity index (χ3n) is 7.07. The highest BCUT2D eigenvalue weighted by Crippen LogP contribution is 2.37. The number of pyridine rings is 1. The Hall–Kier alpha value is -2.88. The molecule has 1 heterocycles. The number of likely N-dealkylation sites (N-methyl/N-ethyl adjacent to an activating group) is 1. The monoisotopic (exact) mass is 469 g/mol. The zero-order valence-electron chi connectivity index (χ0n) is 19.8. The molecular weight excluding hydrogens is 438 g/mol. The smallest absolute Gasteiger partial charge is 0.0737 e. The fourth-order valence-corrected chi connectivity index (χ4v) is 5.45. The van der Waals surface area contributed by atoms with E-state index in [1.54, 1.807) is 0 Å². The first-order chi connectivity index (χ1) is 16.7. The highest BCUT2D eigenvalue weighted by atomic mass is 35.5. The minimum Gasteiger partial charge on any atom is -0.383 e. The summed E-state index contributed by atoms with van der Waals surface area (Å²) < 4.78 is 0. The van der Waals surface area contributed by atoms with Crippen LogP contribution in [0.1, 0.15) is 41.0 Å². The van der Waals surface area contributed by atoms with Gasteiger partial charge in [-0.15, -0.1) is 0 Å². The molecule has 0 unspecified atom stereocenters. The van der Waals surface area contributed by atoms with Crippen molar-refractivity contribution < 1.29 is 0 Å². The molecule has 0 atom stereocenters. The van der Waals surface area contributed by atoms with E-state index in [-0.39, 0.29) is 0 Å². The first-order valence-electron chi connectivity index (χ1n) is 12.3. The van der Waals surface area contributed by atoms with Crippen LogP contribution in [-0.4, -0.2) is 36.6 Å². The van der Waals surface area contributed by atoms with Crippen LogP contribution in [0.25, 0.3) is 10.9 Å². The molecule has 1 N–H and O–H groups in total. The molecule has 4 heteroatoms. The van der Waals surface area contributed by atoms with Crippen molar-refractivity contribution in [3.63, 3.8) is 0 Å². The van der Waals surface area contributed by atoms with Crippen LogP contribution < -0.4 is 5.32 Å². The Morgan fingerprint density at radius 3 is 2.35 bits per heavy atom. The molecular formula is C30H32ClN3. The summed E-state index contributed by atoms with van der Waals surface area (Å²) in [6.07, 6.45) is 6.49. The highest BCUT2D eigenvalue weighted by molar-refractivity contribution is 6.31. The van der Waals surface area contributed by atoms with E-state index in [2.05, 4.69) is 70.8 Å². The molecule has 0 aliphatic heterocycles. The molecule has 0 saturated heterocycles. The molecule has 1 aromatic heterocycles. The van der Waals surface area contributed by atoms with Gasteiger partial charge in [0.15, 0.2) is 0 Å². The molecule has 5 rings (SSSR count). The van der Waals surface area contributed by atoms with E-state index in [9.17, 15) is 0 Å². The average Bonchev–Trinajstić information content (AvgIpc) is 3.01. The number of fused-ring (bicyclic) bond motifs is 3. The van der Waals surface area contributed by atoms with E-state index in [1.807, 2.05) is 30.5 Å². The van der Waals surface area contributed by atoms with Crippen LogP contribution in [0.2, 0.25) is 5.02 Å². The second-order valence-electron chi connectivity index (χ2n) is 9.34. The van der Waals surface area contributed by atoms with Crippen LogP contribution in [0.3, 0.4) is 0 Å². The molecule has 0 radical (unpaired) electrons. The van der Waals surface area contributed by atoms with Gasteiger partial charge in [0.25, 0.3) is 0 Å². The standard InChI is InChI=1S/C30H32ClN3/c1-34(20-18-33-29-16-17-32-30-21-24(31)14-15-28(29)30)19-6-11-27-25-9-4-2-7-22(25)12-13-23-8-3-5-10-26(23)27/h2-5,7-10,14-17,21,27H,6,11-13,18-20H2,1H3,(H,32,33). The molecule has 3 aromatic carbocycles. The first-order valence-corrected chi connectivity index (χ1v) is 12.7. The number of aromatic nitrogens is 1. The van der Waals surface area contributed by atoms with Crippen LogP contribution >= 0.6 is 11.6 Å². The van der Waals surface area contributed by atoms with Gasteiger partial charge < -0.3 is 10.2 Å². The summed E-state index contributed by atoms with van der Waals surface area (Å²) in [6, 6.07) is 26.0. The van der Waals surface area contributed by atoms with Gasteiger partial charge in [0.1, 0.15) is 0 Å². The molecule has 0 spiro atoms. The van der Waals surface area contributed by atoms with Gasteiger partial charge in [-0.2, -0.15) is 0 Å². The lowest BCUT2D eigenvalue weighted by atomic mass is 9.85. The minimum absolute atomic E-state index is 0.497. The maximum atomic E-state index is 6.12. The predicted octanol–water partition coefficient (Wildman–Crippen LogP) is 6.94. The summed E-state index contributed by atoms with van der Waals surface area (Å²) in [5.74, 6) is 0.497. The normalized spacial score (nSPS) is 13.5. The maximum Gasteiger partial charge on any atom is 0.0737 e. The summed E-state index contributed by atoms with van der Waals surface area (Å²) in [4.78, 5) is 6.87. The van der Waals surface area contributed by atoms with Crippen LogP contribution in [-0.2, 0) is 12.8 Å². The SMILES string of the molecule is CN(CCCC1c2ccccc2CCc2ccccc21)CCNc1ccnc2cc(Cl)ccc12. The van der Waals surface area contributed by atoms with Gasteiger partial charge in [0.2, 0.25) is 0 Å². The largest absolute Gasteiger partial charge is 0.383 e. The molecule has 0 amide bonds. The van der Waals surface area contributed by atoms with Crippen LogP contribution in [0.5, 0.6) is 0 Å². The predicted molar refractivity (Wildman–Crippen MR) is 144 cm³/mol. The minimum atomic E-state index is 0.497. The Balaban J connectivity index is 1.18. The summed E-state index contributed by atoms with van der Waals surface area (Å²) in [7, 11) is 2.22. The van der Waals surface area contributed by atoms with Gasteiger partial charge in [-0.05, 0) is 85.8 Å². The van der Waals surface area contributed by atoms with E-state index >= 15 is 0 Å². The summed E-state index contributed by atoms with van der Waals surface area (Å²) in [5.41, 5.74) is 8.14. The first kappa shape index (κ1) is 22.9. The van der Waals surface area contributed by atoms with Crippen LogP contribution in [0.4, 0.5) is 5.69 Å². The number of benzene rings is 3. The molecule has 3 nitrogen and oxygen atoms in total. The van der Waals surface area contributed by atoms with Gasteiger partial charge >= 0.3 is 0 Å². The second-order valence-corrected chi connectivity index (χ2v) is 9.78. The number of hydrogen-bond acceptors (Lipinski definition) is 3. The van der Waals surface area contributed by atoms with E-state index in [0.29, 0.717) is 5.92 Å². The topological polar surface area (TPSA) is 28.2 Å². The number of anilines is 1. The van der Waals surface area contributed by atoms with E-state index < -0.39 is 0 Å². The fourth-order valence-electron chi connectivity index (χ4n) is 5.29. The highest BCUT2D eigenvalue weighted by Gasteiger charge is 2.22. The van der Waals surface area contributed by atoms with Crippen molar-refractivity contribution in [3.05, 3.63) is 106 Å². The van der Waals surface area contributed by atoms with Crippen LogP contribution in [0.15, 0.2) is 79.0 Å². The zero-order valence-corrected chi connectivity index (χ0v) is 20.6. The van der Waals surface area contributed by atoms with E-state index in [0.717, 1.165) is 54.1 Å². The van der Waals surface area contributed by atoms with Gasteiger partial charge in [-0.25, -0.2) is 0 Å². The van der Waals surface area contributed by atoms with Gasteiger partial charge in [-0.3, -0.25) is 4.98 Å². The third kappa shape index (κ3) is 5.11. The van der Waals surface area contributed by atoms with E-state index in [1.165, 1.54) is 35.1 Å². The van der Waals surface area contributed by atoms with Crippen molar-refractivity contribution in [3.8, 4) is 0 Å². The lowest BCUT2D eigenvalue weighted by Crippen LogP contribution is -2.26. The molecule has 0 bridgehead atoms. The molecule has 1 aliphatic carbocycles. The Labute approximate surface area is 207 Å². The Bertz CT molecular complexity index is 1220. The van der Waals surface area contributed by atoms with Crippen molar-refractivity contribution in [2.75, 3.05) is 32.0 Å². The maximum absolute atomic E-state index is 6.12. The van der Waals surface area contributed by atoms with Gasteiger partial charge in [-0.1, -0.05) is 60.1 Å². The van der Waals surface area contributed by atoms with Crippen molar-refractivity contribution in [2.24, 2.45) is 0 Å². The quantitative estimate of drug-likeness (QED) is 0.303. The second kappa shape index (κ2) is 10.6. The fraction of sp³-hybridized carbons (Fsp3) is 0.300. The number of rotatable bonds is 8. The van der Waals surface area contributed by atoms with Gasteiger partial charge in [0.05, 0.1) is 5.52 Å². The lowest BCUT2D eigenvalue weighted by Gasteiger charge is -2.23.